The van der Waals surface area contributed by atoms with Crippen molar-refractivity contribution in [3.63, 3.8) is 0 Å². The van der Waals surface area contributed by atoms with Crippen molar-refractivity contribution in [3.8, 4) is 0 Å². The third-order valence-corrected chi connectivity index (χ3v) is 3.71. The lowest BCUT2D eigenvalue weighted by Gasteiger charge is -2.09. The SMILES string of the molecule is Nc1ncnc(Nc2ccc(CC(=O)c3ccccc3)cc2)c1C=O. The van der Waals surface area contributed by atoms with Gasteiger partial charge in [0.15, 0.2) is 12.1 Å². The molecule has 0 unspecified atom stereocenters. The number of nitrogens with two attached hydrogens (primary N) is 1. The van der Waals surface area contributed by atoms with Crippen LogP contribution in [0.5, 0.6) is 0 Å². The maximum atomic E-state index is 12.2. The monoisotopic (exact) mass is 332 g/mol. The average Bonchev–Trinajstić information content (AvgIpc) is 2.64. The van der Waals surface area contributed by atoms with Gasteiger partial charge in [0.25, 0.3) is 0 Å². The molecule has 3 aromatic rings. The molecule has 0 radical (unpaired) electrons. The first-order chi connectivity index (χ1) is 12.2. The number of carbonyl (C=O) groups excluding carboxylic acids is 2. The number of ketones is 1. The third kappa shape index (κ3) is 3.87. The van der Waals surface area contributed by atoms with E-state index in [0.717, 1.165) is 11.3 Å². The molecule has 0 amide bonds. The zero-order chi connectivity index (χ0) is 17.6. The molecule has 124 valence electrons. The molecule has 1 heterocycles. The fourth-order valence-corrected chi connectivity index (χ4v) is 2.38. The van der Waals surface area contributed by atoms with Crippen LogP contribution in [0.15, 0.2) is 60.9 Å². The van der Waals surface area contributed by atoms with Crippen molar-refractivity contribution >= 4 is 29.4 Å². The number of benzene rings is 2. The van der Waals surface area contributed by atoms with Crippen LogP contribution in [0.1, 0.15) is 26.3 Å². The number of nitrogen functional groups attached to an aromatic ring is 1. The molecule has 3 N–H and O–H groups in total. The van der Waals surface area contributed by atoms with E-state index < -0.39 is 0 Å². The van der Waals surface area contributed by atoms with Crippen molar-refractivity contribution < 1.29 is 9.59 Å². The number of aldehydes is 1. The number of anilines is 3. The minimum atomic E-state index is 0.0631. The minimum Gasteiger partial charge on any atom is -0.383 e. The summed E-state index contributed by atoms with van der Waals surface area (Å²) < 4.78 is 0. The lowest BCUT2D eigenvalue weighted by atomic mass is 10.0. The maximum Gasteiger partial charge on any atom is 0.167 e. The Balaban J connectivity index is 1.72. The van der Waals surface area contributed by atoms with Crippen LogP contribution in [0, 0.1) is 0 Å². The Hall–Kier alpha value is -3.54. The molecule has 0 saturated carbocycles. The zero-order valence-electron chi connectivity index (χ0n) is 13.3. The molecule has 0 spiro atoms. The number of hydrogen-bond acceptors (Lipinski definition) is 6. The fraction of sp³-hybridized carbons (Fsp3) is 0.0526. The Morgan fingerprint density at radius 2 is 1.76 bits per heavy atom. The summed E-state index contributed by atoms with van der Waals surface area (Å²) in [4.78, 5) is 31.2. The number of Topliss-reactive ketones (excluding diaryl/α,β-unsaturated/α-hetero) is 1. The van der Waals surface area contributed by atoms with Crippen molar-refractivity contribution in [3.05, 3.63) is 77.6 Å². The molecule has 0 aliphatic heterocycles. The van der Waals surface area contributed by atoms with Crippen molar-refractivity contribution in [2.75, 3.05) is 11.1 Å². The molecule has 25 heavy (non-hydrogen) atoms. The van der Waals surface area contributed by atoms with Gasteiger partial charge in [-0.25, -0.2) is 9.97 Å². The molecule has 0 bridgehead atoms. The van der Waals surface area contributed by atoms with E-state index >= 15 is 0 Å². The average molecular weight is 332 g/mol. The van der Waals surface area contributed by atoms with Crippen molar-refractivity contribution in [1.29, 1.82) is 0 Å². The summed E-state index contributed by atoms with van der Waals surface area (Å²) in [5, 5.41) is 3.03. The van der Waals surface area contributed by atoms with Gasteiger partial charge in [0.05, 0.1) is 5.56 Å². The maximum absolute atomic E-state index is 12.2. The van der Waals surface area contributed by atoms with E-state index in [2.05, 4.69) is 15.3 Å². The van der Waals surface area contributed by atoms with Crippen molar-refractivity contribution in [2.24, 2.45) is 0 Å². The Labute approximate surface area is 144 Å². The van der Waals surface area contributed by atoms with Gasteiger partial charge in [-0.1, -0.05) is 42.5 Å². The quantitative estimate of drug-likeness (QED) is 0.532. The molecule has 6 nitrogen and oxygen atoms in total. The zero-order valence-corrected chi connectivity index (χ0v) is 13.3. The van der Waals surface area contributed by atoms with Crippen LogP contribution >= 0.6 is 0 Å². The van der Waals surface area contributed by atoms with Gasteiger partial charge in [-0.15, -0.1) is 0 Å². The summed E-state index contributed by atoms with van der Waals surface area (Å²) in [6, 6.07) is 16.5. The number of nitrogens with zero attached hydrogens (tertiary/aromatic N) is 2. The van der Waals surface area contributed by atoms with E-state index in [1.165, 1.54) is 6.33 Å². The van der Waals surface area contributed by atoms with E-state index in [-0.39, 0.29) is 17.2 Å². The Morgan fingerprint density at radius 1 is 1.04 bits per heavy atom. The van der Waals surface area contributed by atoms with Crippen LogP contribution < -0.4 is 11.1 Å². The van der Waals surface area contributed by atoms with Crippen LogP contribution in [-0.4, -0.2) is 22.0 Å². The number of hydrogen-bond donors (Lipinski definition) is 2. The smallest absolute Gasteiger partial charge is 0.167 e. The molecule has 0 fully saturated rings. The molecular weight excluding hydrogens is 316 g/mol. The van der Waals surface area contributed by atoms with Gasteiger partial charge in [0.2, 0.25) is 0 Å². The topological polar surface area (TPSA) is 98.0 Å². The minimum absolute atomic E-state index is 0.0631. The highest BCUT2D eigenvalue weighted by molar-refractivity contribution is 5.97. The van der Waals surface area contributed by atoms with Crippen LogP contribution in [0.3, 0.4) is 0 Å². The molecule has 1 aromatic heterocycles. The lowest BCUT2D eigenvalue weighted by Crippen LogP contribution is -2.05. The van der Waals surface area contributed by atoms with E-state index in [1.54, 1.807) is 12.1 Å². The van der Waals surface area contributed by atoms with Crippen LogP contribution in [0.4, 0.5) is 17.3 Å². The first kappa shape index (κ1) is 16.3. The number of aromatic nitrogens is 2. The summed E-state index contributed by atoms with van der Waals surface area (Å²) in [7, 11) is 0. The molecule has 2 aromatic carbocycles. The van der Waals surface area contributed by atoms with Crippen LogP contribution in [0.2, 0.25) is 0 Å². The van der Waals surface area contributed by atoms with Gasteiger partial charge < -0.3 is 11.1 Å². The standard InChI is InChI=1S/C19H16N4O2/c20-18-16(11-24)19(22-12-21-18)23-15-8-6-13(7-9-15)10-17(25)14-4-2-1-3-5-14/h1-9,11-12H,10H2,(H3,20,21,22,23). The highest BCUT2D eigenvalue weighted by Gasteiger charge is 2.09. The molecule has 0 aliphatic rings. The predicted molar refractivity (Wildman–Crippen MR) is 96.0 cm³/mol. The molecule has 0 atom stereocenters. The van der Waals surface area contributed by atoms with Crippen molar-refractivity contribution in [1.82, 2.24) is 9.97 Å². The summed E-state index contributed by atoms with van der Waals surface area (Å²) >= 11 is 0. The molecule has 6 heteroatoms. The second-order valence-electron chi connectivity index (χ2n) is 5.43. The Kier molecular flexibility index (Phi) is 4.80. The van der Waals surface area contributed by atoms with E-state index in [0.29, 0.717) is 24.1 Å². The highest BCUT2D eigenvalue weighted by atomic mass is 16.1. The lowest BCUT2D eigenvalue weighted by molar-refractivity contribution is 0.0992. The summed E-state index contributed by atoms with van der Waals surface area (Å²) in [6.45, 7) is 0. The van der Waals surface area contributed by atoms with E-state index in [4.69, 9.17) is 5.73 Å². The van der Waals surface area contributed by atoms with Gasteiger partial charge in [0, 0.05) is 17.7 Å². The fourth-order valence-electron chi connectivity index (χ4n) is 2.38. The summed E-state index contributed by atoms with van der Waals surface area (Å²) in [5.74, 6) is 0.529. The summed E-state index contributed by atoms with van der Waals surface area (Å²) in [5.41, 5.74) is 8.20. The molecular formula is C19H16N4O2. The van der Waals surface area contributed by atoms with E-state index in [1.807, 2.05) is 42.5 Å². The second-order valence-corrected chi connectivity index (χ2v) is 5.43. The molecule has 3 rings (SSSR count). The van der Waals surface area contributed by atoms with Gasteiger partial charge in [-0.2, -0.15) is 0 Å². The molecule has 0 saturated heterocycles. The second kappa shape index (κ2) is 7.35. The van der Waals surface area contributed by atoms with Crippen molar-refractivity contribution in [2.45, 2.75) is 6.42 Å². The number of carbonyl (C=O) groups is 2. The van der Waals surface area contributed by atoms with Crippen LogP contribution in [0.25, 0.3) is 0 Å². The van der Waals surface area contributed by atoms with Gasteiger partial charge in [-0.05, 0) is 17.7 Å². The van der Waals surface area contributed by atoms with Gasteiger partial charge in [-0.3, -0.25) is 9.59 Å². The predicted octanol–water partition coefficient (Wildman–Crippen LogP) is 3.04. The van der Waals surface area contributed by atoms with Gasteiger partial charge >= 0.3 is 0 Å². The normalized spacial score (nSPS) is 10.2. The molecule has 0 aliphatic carbocycles. The Bertz CT molecular complexity index is 893. The van der Waals surface area contributed by atoms with E-state index in [9.17, 15) is 9.59 Å². The number of rotatable bonds is 6. The van der Waals surface area contributed by atoms with Gasteiger partial charge in [0.1, 0.15) is 18.0 Å². The third-order valence-electron chi connectivity index (χ3n) is 3.71. The summed E-state index contributed by atoms with van der Waals surface area (Å²) in [6.07, 6.45) is 2.23. The number of nitrogens with one attached hydrogen (secondary N) is 1. The Morgan fingerprint density at radius 3 is 2.44 bits per heavy atom. The first-order valence-corrected chi connectivity index (χ1v) is 7.67. The van der Waals surface area contributed by atoms with Crippen LogP contribution in [-0.2, 0) is 6.42 Å². The first-order valence-electron chi connectivity index (χ1n) is 7.67. The largest absolute Gasteiger partial charge is 0.383 e. The highest BCUT2D eigenvalue weighted by Crippen LogP contribution is 2.20.